The Kier molecular flexibility index (Phi) is 3.01. The molecule has 0 bridgehead atoms. The summed E-state index contributed by atoms with van der Waals surface area (Å²) in [7, 11) is 1.67. The first-order valence-corrected chi connectivity index (χ1v) is 6.25. The van der Waals surface area contributed by atoms with E-state index in [0.29, 0.717) is 6.54 Å². The lowest BCUT2D eigenvalue weighted by Crippen LogP contribution is -2.48. The van der Waals surface area contributed by atoms with Crippen molar-refractivity contribution in [3.63, 3.8) is 0 Å². The maximum Gasteiger partial charge on any atom is 0.339 e. The summed E-state index contributed by atoms with van der Waals surface area (Å²) in [5.74, 6) is 0. The number of likely N-dealkylation sites (N-methyl/N-ethyl adjacent to an activating group) is 1. The fourth-order valence-corrected chi connectivity index (χ4v) is 2.56. The lowest BCUT2D eigenvalue weighted by molar-refractivity contribution is -0.0359. The predicted molar refractivity (Wildman–Crippen MR) is 66.0 cm³/mol. The molecule has 2 aliphatic rings. The first-order valence-electron chi connectivity index (χ1n) is 5.48. The van der Waals surface area contributed by atoms with Crippen LogP contribution in [0.3, 0.4) is 0 Å². The molecule has 0 aromatic rings. The quantitative estimate of drug-likeness (QED) is 0.686. The van der Waals surface area contributed by atoms with Crippen molar-refractivity contribution in [2.45, 2.75) is 27.0 Å². The summed E-state index contributed by atoms with van der Waals surface area (Å²) in [6.45, 7) is 6.63. The Balaban J connectivity index is 2.06. The molecule has 1 unspecified atom stereocenters. The Labute approximate surface area is 105 Å². The Morgan fingerprint density at radius 3 is 2.59 bits per heavy atom. The largest absolute Gasteiger partial charge is 0.370 e. The van der Waals surface area contributed by atoms with Crippen LogP contribution in [-0.4, -0.2) is 45.4 Å². The van der Waals surface area contributed by atoms with E-state index in [2.05, 4.69) is 26.2 Å². The molecule has 0 spiro atoms. The molecule has 2 heterocycles. The monoisotopic (exact) mass is 258 g/mol. The van der Waals surface area contributed by atoms with Crippen molar-refractivity contribution < 1.29 is 9.90 Å². The summed E-state index contributed by atoms with van der Waals surface area (Å²) in [6, 6.07) is -0.207. The van der Waals surface area contributed by atoms with Crippen LogP contribution in [0.1, 0.15) is 20.8 Å². The lowest BCUT2D eigenvalue weighted by atomic mass is 9.97. The van der Waals surface area contributed by atoms with Crippen LogP contribution in [0.15, 0.2) is 11.1 Å². The third kappa shape index (κ3) is 2.22. The number of carbonyl (C=O) groups excluding carboxylic acids is 1. The number of urea groups is 1. The van der Waals surface area contributed by atoms with Crippen LogP contribution >= 0.6 is 11.9 Å². The van der Waals surface area contributed by atoms with Crippen molar-refractivity contribution in [2.75, 3.05) is 13.6 Å². The smallest absolute Gasteiger partial charge is 0.339 e. The number of rotatable bonds is 1. The summed E-state index contributed by atoms with van der Waals surface area (Å²) >= 11 is 1.43. The molecule has 1 atom stereocenters. The van der Waals surface area contributed by atoms with Gasteiger partial charge in [-0.2, -0.15) is 5.01 Å². The number of allylic oxidation sites excluding steroid dienone is 1. The predicted octanol–water partition coefficient (Wildman–Crippen LogP) is 0.943. The van der Waals surface area contributed by atoms with Gasteiger partial charge >= 0.3 is 6.03 Å². The first kappa shape index (κ1) is 12.5. The second-order valence-electron chi connectivity index (χ2n) is 5.24. The highest BCUT2D eigenvalue weighted by Crippen LogP contribution is 2.40. The van der Waals surface area contributed by atoms with Gasteiger partial charge in [0.15, 0.2) is 6.23 Å². The van der Waals surface area contributed by atoms with Gasteiger partial charge in [0, 0.05) is 30.1 Å². The van der Waals surface area contributed by atoms with E-state index in [0.717, 1.165) is 4.91 Å². The molecule has 6 nitrogen and oxygen atoms in total. The molecule has 17 heavy (non-hydrogen) atoms. The Bertz CT molecular complexity index is 366. The van der Waals surface area contributed by atoms with Crippen LogP contribution in [0.5, 0.6) is 0 Å². The number of β-amino-alcohol motifs (C(OH)–C–C–N with tert-alkyl or cyclic N) is 1. The van der Waals surface area contributed by atoms with Gasteiger partial charge in [0.05, 0.1) is 6.54 Å². The fraction of sp³-hybridized carbons (Fsp3) is 0.700. The minimum atomic E-state index is -0.805. The second kappa shape index (κ2) is 4.08. The third-order valence-corrected chi connectivity index (χ3v) is 4.05. The van der Waals surface area contributed by atoms with Gasteiger partial charge in [-0.3, -0.25) is 5.43 Å². The average Bonchev–Trinajstić information content (AvgIpc) is 2.73. The van der Waals surface area contributed by atoms with Crippen LogP contribution in [0, 0.1) is 5.41 Å². The van der Waals surface area contributed by atoms with Crippen molar-refractivity contribution in [2.24, 2.45) is 5.41 Å². The van der Waals surface area contributed by atoms with E-state index in [1.54, 1.807) is 11.6 Å². The number of nitrogens with one attached hydrogen (secondary N) is 1. The van der Waals surface area contributed by atoms with Gasteiger partial charge in [-0.05, 0) is 5.41 Å². The van der Waals surface area contributed by atoms with Gasteiger partial charge in [-0.25, -0.2) is 4.79 Å². The van der Waals surface area contributed by atoms with E-state index < -0.39 is 6.23 Å². The van der Waals surface area contributed by atoms with Crippen LogP contribution in [-0.2, 0) is 0 Å². The molecule has 0 aromatic heterocycles. The second-order valence-corrected chi connectivity index (χ2v) is 6.21. The number of amides is 2. The fourth-order valence-electron chi connectivity index (χ4n) is 1.62. The maximum absolute atomic E-state index is 11.8. The molecule has 1 fully saturated rings. The van der Waals surface area contributed by atoms with Crippen LogP contribution in [0.4, 0.5) is 4.79 Å². The number of carbonyl (C=O) groups is 1. The van der Waals surface area contributed by atoms with Gasteiger partial charge < -0.3 is 10.0 Å². The molecular formula is C10H18N4O2S. The van der Waals surface area contributed by atoms with Crippen molar-refractivity contribution >= 4 is 18.0 Å². The highest BCUT2D eigenvalue weighted by Gasteiger charge is 2.41. The summed E-state index contributed by atoms with van der Waals surface area (Å²) < 4.78 is 1.58. The molecule has 0 saturated carbocycles. The summed E-state index contributed by atoms with van der Waals surface area (Å²) in [5.41, 5.74) is 3.01. The standard InChI is InChI=1S/C10H18N4O2S/c1-10(2,3)7-5-11-14(17-7)13-8(15)6-12(4)9(13)16/h5,8,11,15H,6H2,1-4H3. The van der Waals surface area contributed by atoms with Gasteiger partial charge in [0.1, 0.15) is 0 Å². The third-order valence-electron chi connectivity index (χ3n) is 2.67. The van der Waals surface area contributed by atoms with Crippen molar-refractivity contribution in [1.82, 2.24) is 19.9 Å². The molecule has 96 valence electrons. The SMILES string of the molecule is CN1CC(O)N(N2NC=C(C(C)(C)C)S2)C1=O. The van der Waals surface area contributed by atoms with E-state index in [-0.39, 0.29) is 11.4 Å². The zero-order valence-electron chi connectivity index (χ0n) is 10.5. The van der Waals surface area contributed by atoms with Gasteiger partial charge in [-0.1, -0.05) is 25.3 Å². The lowest BCUT2D eigenvalue weighted by Gasteiger charge is -2.28. The molecule has 2 aliphatic heterocycles. The number of hydrogen-bond acceptors (Lipinski definition) is 5. The number of hydrogen-bond donors (Lipinski definition) is 2. The van der Waals surface area contributed by atoms with Gasteiger partial charge in [0.25, 0.3) is 0 Å². The summed E-state index contributed by atoms with van der Waals surface area (Å²) in [6.07, 6.45) is 1.06. The minimum Gasteiger partial charge on any atom is -0.370 e. The number of aliphatic hydroxyl groups is 1. The molecule has 1 saturated heterocycles. The van der Waals surface area contributed by atoms with E-state index >= 15 is 0 Å². The van der Waals surface area contributed by atoms with Gasteiger partial charge in [0.2, 0.25) is 0 Å². The highest BCUT2D eigenvalue weighted by molar-refractivity contribution is 8.01. The van der Waals surface area contributed by atoms with E-state index in [1.807, 2.05) is 6.20 Å². The van der Waals surface area contributed by atoms with E-state index in [9.17, 15) is 9.90 Å². The molecule has 2 amide bonds. The minimum absolute atomic E-state index is 0.0199. The number of hydrazine groups is 2. The average molecular weight is 258 g/mol. The number of aliphatic hydroxyl groups excluding tert-OH is 1. The molecule has 0 aromatic carbocycles. The van der Waals surface area contributed by atoms with Crippen LogP contribution in [0.2, 0.25) is 0 Å². The van der Waals surface area contributed by atoms with Crippen LogP contribution in [0.25, 0.3) is 0 Å². The summed E-state index contributed by atoms with van der Waals surface area (Å²) in [4.78, 5) is 14.4. The topological polar surface area (TPSA) is 59.1 Å². The molecule has 7 heteroatoms. The molecule has 2 rings (SSSR count). The molecule has 0 aliphatic carbocycles. The van der Waals surface area contributed by atoms with Crippen molar-refractivity contribution in [3.05, 3.63) is 11.1 Å². The van der Waals surface area contributed by atoms with Crippen LogP contribution < -0.4 is 5.43 Å². The van der Waals surface area contributed by atoms with E-state index in [4.69, 9.17) is 0 Å². The Morgan fingerprint density at radius 2 is 2.18 bits per heavy atom. The number of nitrogens with zero attached hydrogens (tertiary/aromatic N) is 3. The normalized spacial score (nSPS) is 26.5. The zero-order chi connectivity index (χ0) is 12.8. The maximum atomic E-state index is 11.8. The molecule has 2 N–H and O–H groups in total. The Morgan fingerprint density at radius 1 is 1.53 bits per heavy atom. The molecular weight excluding hydrogens is 240 g/mol. The zero-order valence-corrected chi connectivity index (χ0v) is 11.3. The Hall–Kier alpha value is -0.920. The summed E-state index contributed by atoms with van der Waals surface area (Å²) in [5, 5.41) is 11.1. The highest BCUT2D eigenvalue weighted by atomic mass is 32.2. The van der Waals surface area contributed by atoms with Crippen molar-refractivity contribution in [3.8, 4) is 0 Å². The molecule has 0 radical (unpaired) electrons. The van der Waals surface area contributed by atoms with Gasteiger partial charge in [-0.15, -0.1) is 0 Å². The van der Waals surface area contributed by atoms with E-state index in [1.165, 1.54) is 21.9 Å². The van der Waals surface area contributed by atoms with Crippen molar-refractivity contribution in [1.29, 1.82) is 0 Å². The first-order chi connectivity index (χ1) is 7.80.